The molecule has 0 bridgehead atoms. The molecule has 1 aromatic heterocycles. The number of thioether (sulfide) groups is 1. The first-order chi connectivity index (χ1) is 11.2. The Hall–Kier alpha value is -2.08. The van der Waals surface area contributed by atoms with Crippen LogP contribution in [0, 0.1) is 0 Å². The maximum atomic E-state index is 12.7. The molecular weight excluding hydrogens is 310 g/mol. The topological polar surface area (TPSA) is 46.5 Å². The molecule has 1 aliphatic rings. The Kier molecular flexibility index (Phi) is 4.81. The molecule has 122 valence electrons. The first-order valence-corrected chi connectivity index (χ1v) is 8.78. The summed E-state index contributed by atoms with van der Waals surface area (Å²) in [4.78, 5) is 14.6. The number of urea groups is 1. The van der Waals surface area contributed by atoms with Gasteiger partial charge in [-0.25, -0.2) is 4.79 Å². The minimum Gasteiger partial charge on any atom is -0.492 e. The van der Waals surface area contributed by atoms with Gasteiger partial charge in [0.2, 0.25) is 0 Å². The van der Waals surface area contributed by atoms with E-state index in [0.29, 0.717) is 18.0 Å². The van der Waals surface area contributed by atoms with E-state index >= 15 is 0 Å². The van der Waals surface area contributed by atoms with E-state index in [1.165, 1.54) is 0 Å². The zero-order chi connectivity index (χ0) is 16.2. The number of para-hydroxylation sites is 2. The third kappa shape index (κ3) is 3.32. The number of anilines is 1. The Morgan fingerprint density at radius 2 is 2.17 bits per heavy atom. The summed E-state index contributed by atoms with van der Waals surface area (Å²) in [6.45, 7) is 3.24. The highest BCUT2D eigenvalue weighted by Crippen LogP contribution is 2.38. The predicted molar refractivity (Wildman–Crippen MR) is 93.9 cm³/mol. The molecule has 0 aliphatic carbocycles. The molecule has 1 N–H and O–H groups in total. The number of nitrogens with one attached hydrogen (secondary N) is 1. The van der Waals surface area contributed by atoms with Crippen LogP contribution < -0.4 is 10.1 Å². The fourth-order valence-corrected chi connectivity index (χ4v) is 4.01. The zero-order valence-electron chi connectivity index (χ0n) is 13.4. The van der Waals surface area contributed by atoms with Gasteiger partial charge in [0.05, 0.1) is 18.0 Å². The third-order valence-electron chi connectivity index (χ3n) is 3.82. The van der Waals surface area contributed by atoms with Gasteiger partial charge in [0.1, 0.15) is 11.1 Å². The average Bonchev–Trinajstić information content (AvgIpc) is 3.17. The summed E-state index contributed by atoms with van der Waals surface area (Å²) >= 11 is 1.79. The van der Waals surface area contributed by atoms with Gasteiger partial charge in [0.25, 0.3) is 0 Å². The first-order valence-electron chi connectivity index (χ1n) is 7.73. The van der Waals surface area contributed by atoms with Crippen molar-refractivity contribution < 1.29 is 9.53 Å². The fraction of sp³-hybridized carbons (Fsp3) is 0.353. The molecular formula is C17H21N3O2S. The molecule has 2 heterocycles. The SMILES string of the molecule is CCOc1ccccc1NC(=O)N1CCSC1c1cccn1C. The van der Waals surface area contributed by atoms with Crippen molar-refractivity contribution in [3.63, 3.8) is 0 Å². The molecule has 1 unspecified atom stereocenters. The molecule has 1 atom stereocenters. The Bertz CT molecular complexity index is 686. The largest absolute Gasteiger partial charge is 0.492 e. The molecule has 1 aromatic carbocycles. The number of benzene rings is 1. The van der Waals surface area contributed by atoms with Gasteiger partial charge in [-0.3, -0.25) is 0 Å². The molecule has 1 saturated heterocycles. The van der Waals surface area contributed by atoms with Crippen molar-refractivity contribution in [1.82, 2.24) is 9.47 Å². The van der Waals surface area contributed by atoms with Crippen LogP contribution in [0.3, 0.4) is 0 Å². The Labute approximate surface area is 140 Å². The van der Waals surface area contributed by atoms with E-state index in [-0.39, 0.29) is 11.4 Å². The Morgan fingerprint density at radius 1 is 1.35 bits per heavy atom. The standard InChI is InChI=1S/C17H21N3O2S/c1-3-22-15-9-5-4-7-13(15)18-17(21)20-11-12-23-16(20)14-8-6-10-19(14)2/h4-10,16H,3,11-12H2,1-2H3,(H,18,21). The Balaban J connectivity index is 1.77. The fourth-order valence-electron chi connectivity index (χ4n) is 2.69. The van der Waals surface area contributed by atoms with E-state index in [2.05, 4.69) is 16.0 Å². The lowest BCUT2D eigenvalue weighted by Gasteiger charge is -2.25. The maximum Gasteiger partial charge on any atom is 0.323 e. The van der Waals surface area contributed by atoms with E-state index in [4.69, 9.17) is 4.74 Å². The summed E-state index contributed by atoms with van der Waals surface area (Å²) < 4.78 is 7.64. The molecule has 23 heavy (non-hydrogen) atoms. The maximum absolute atomic E-state index is 12.7. The first kappa shape index (κ1) is 15.8. The lowest BCUT2D eigenvalue weighted by Crippen LogP contribution is -2.35. The molecule has 5 nitrogen and oxygen atoms in total. The zero-order valence-corrected chi connectivity index (χ0v) is 14.2. The average molecular weight is 331 g/mol. The van der Waals surface area contributed by atoms with Crippen molar-refractivity contribution in [2.24, 2.45) is 7.05 Å². The highest BCUT2D eigenvalue weighted by molar-refractivity contribution is 7.99. The van der Waals surface area contributed by atoms with Gasteiger partial charge in [0, 0.05) is 25.5 Å². The molecule has 0 saturated carbocycles. The van der Waals surface area contributed by atoms with Crippen molar-refractivity contribution in [1.29, 1.82) is 0 Å². The molecule has 2 amide bonds. The highest BCUT2D eigenvalue weighted by atomic mass is 32.2. The van der Waals surface area contributed by atoms with Crippen LogP contribution in [0.25, 0.3) is 0 Å². The number of nitrogens with zero attached hydrogens (tertiary/aromatic N) is 2. The normalized spacial score (nSPS) is 17.3. The van der Waals surface area contributed by atoms with Crippen molar-refractivity contribution in [3.05, 3.63) is 48.3 Å². The van der Waals surface area contributed by atoms with E-state index in [1.807, 2.05) is 55.4 Å². The van der Waals surface area contributed by atoms with Crippen LogP contribution in [0.2, 0.25) is 0 Å². The van der Waals surface area contributed by atoms with Crippen molar-refractivity contribution in [2.45, 2.75) is 12.3 Å². The second-order valence-corrected chi connectivity index (χ2v) is 6.51. The van der Waals surface area contributed by atoms with Gasteiger partial charge in [-0.1, -0.05) is 12.1 Å². The molecule has 3 rings (SSSR count). The van der Waals surface area contributed by atoms with Crippen molar-refractivity contribution in [2.75, 3.05) is 24.2 Å². The molecule has 0 radical (unpaired) electrons. The monoisotopic (exact) mass is 331 g/mol. The Morgan fingerprint density at radius 3 is 2.91 bits per heavy atom. The van der Waals surface area contributed by atoms with Gasteiger partial charge in [-0.05, 0) is 31.2 Å². The number of carbonyl (C=O) groups is 1. The van der Waals surface area contributed by atoms with E-state index in [1.54, 1.807) is 11.8 Å². The molecule has 1 aliphatic heterocycles. The number of aromatic nitrogens is 1. The molecule has 6 heteroatoms. The van der Waals surface area contributed by atoms with Crippen LogP contribution >= 0.6 is 11.8 Å². The quantitative estimate of drug-likeness (QED) is 0.929. The molecule has 1 fully saturated rings. The lowest BCUT2D eigenvalue weighted by atomic mass is 10.3. The van der Waals surface area contributed by atoms with Crippen molar-refractivity contribution >= 4 is 23.5 Å². The number of amides is 2. The van der Waals surface area contributed by atoms with Crippen LogP contribution in [0.1, 0.15) is 18.0 Å². The summed E-state index contributed by atoms with van der Waals surface area (Å²) in [5, 5.41) is 3.04. The van der Waals surface area contributed by atoms with Gasteiger partial charge in [-0.2, -0.15) is 0 Å². The number of aryl methyl sites for hydroxylation is 1. The minimum atomic E-state index is -0.0895. The van der Waals surface area contributed by atoms with Crippen LogP contribution in [0.5, 0.6) is 5.75 Å². The van der Waals surface area contributed by atoms with Crippen molar-refractivity contribution in [3.8, 4) is 5.75 Å². The molecule has 0 spiro atoms. The second kappa shape index (κ2) is 7.00. The van der Waals surface area contributed by atoms with Crippen LogP contribution in [0.4, 0.5) is 10.5 Å². The van der Waals surface area contributed by atoms with Crippen LogP contribution in [-0.4, -0.2) is 34.4 Å². The summed E-state index contributed by atoms with van der Waals surface area (Å²) in [5.41, 5.74) is 1.85. The smallest absolute Gasteiger partial charge is 0.323 e. The van der Waals surface area contributed by atoms with Gasteiger partial charge < -0.3 is 19.5 Å². The van der Waals surface area contributed by atoms with E-state index < -0.39 is 0 Å². The highest BCUT2D eigenvalue weighted by Gasteiger charge is 2.32. The van der Waals surface area contributed by atoms with E-state index in [9.17, 15) is 4.79 Å². The summed E-state index contributed by atoms with van der Waals surface area (Å²) in [6.07, 6.45) is 2.01. The van der Waals surface area contributed by atoms with Gasteiger partial charge in [0.15, 0.2) is 0 Å². The second-order valence-electron chi connectivity index (χ2n) is 5.32. The number of ether oxygens (including phenoxy) is 1. The molecule has 2 aromatic rings. The lowest BCUT2D eigenvalue weighted by molar-refractivity contribution is 0.213. The number of hydrogen-bond acceptors (Lipinski definition) is 3. The van der Waals surface area contributed by atoms with Gasteiger partial charge in [-0.15, -0.1) is 11.8 Å². The number of hydrogen-bond donors (Lipinski definition) is 1. The number of rotatable bonds is 4. The third-order valence-corrected chi connectivity index (χ3v) is 5.05. The van der Waals surface area contributed by atoms with Crippen LogP contribution in [0.15, 0.2) is 42.6 Å². The minimum absolute atomic E-state index is 0.0502. The summed E-state index contributed by atoms with van der Waals surface area (Å²) in [6, 6.07) is 11.5. The summed E-state index contributed by atoms with van der Waals surface area (Å²) in [5.74, 6) is 1.64. The predicted octanol–water partition coefficient (Wildman–Crippen LogP) is 3.70. The number of carbonyl (C=O) groups excluding carboxylic acids is 1. The van der Waals surface area contributed by atoms with Crippen LogP contribution in [-0.2, 0) is 7.05 Å². The van der Waals surface area contributed by atoms with E-state index in [0.717, 1.165) is 18.0 Å². The summed E-state index contributed by atoms with van der Waals surface area (Å²) in [7, 11) is 2.01. The van der Waals surface area contributed by atoms with Gasteiger partial charge >= 0.3 is 6.03 Å².